The van der Waals surface area contributed by atoms with Gasteiger partial charge >= 0.3 is 11.9 Å². The highest BCUT2D eigenvalue weighted by atomic mass is 32.1. The van der Waals surface area contributed by atoms with Gasteiger partial charge in [-0.1, -0.05) is 0 Å². The summed E-state index contributed by atoms with van der Waals surface area (Å²) >= 11 is 1.20. The number of aromatic carboxylic acids is 1. The second-order valence-corrected chi connectivity index (χ2v) is 5.89. The highest BCUT2D eigenvalue weighted by molar-refractivity contribution is 7.17. The molecule has 0 aromatic carbocycles. The Morgan fingerprint density at radius 2 is 2.27 bits per heavy atom. The predicted octanol–water partition coefficient (Wildman–Crippen LogP) is 2.51. The van der Waals surface area contributed by atoms with Crippen molar-refractivity contribution in [2.45, 2.75) is 20.0 Å². The molecule has 0 aliphatic carbocycles. The minimum absolute atomic E-state index is 0.136. The van der Waals surface area contributed by atoms with Crippen LogP contribution in [0.1, 0.15) is 27.7 Å². The molecule has 1 aliphatic rings. The van der Waals surface area contributed by atoms with Crippen molar-refractivity contribution in [3.05, 3.63) is 34.3 Å². The molecule has 0 atom stereocenters. The fraction of sp³-hybridized carbons (Fsp3) is 0.267. The Hall–Kier alpha value is -2.41. The first-order chi connectivity index (χ1) is 10.5. The first-order valence-corrected chi connectivity index (χ1v) is 7.47. The van der Waals surface area contributed by atoms with Gasteiger partial charge in [0.05, 0.1) is 11.5 Å². The molecule has 22 heavy (non-hydrogen) atoms. The van der Waals surface area contributed by atoms with E-state index in [-0.39, 0.29) is 12.6 Å². The average Bonchev–Trinajstić information content (AvgIpc) is 2.82. The van der Waals surface area contributed by atoms with Gasteiger partial charge in [0.15, 0.2) is 0 Å². The third-order valence-corrected chi connectivity index (χ3v) is 4.39. The number of rotatable bonds is 3. The summed E-state index contributed by atoms with van der Waals surface area (Å²) in [6.45, 7) is 1.93. The molecule has 0 radical (unpaired) electrons. The smallest absolute Gasteiger partial charge is 0.345 e. The van der Waals surface area contributed by atoms with E-state index >= 15 is 0 Å². The largest absolute Gasteiger partial charge is 0.491 e. The van der Waals surface area contributed by atoms with Gasteiger partial charge in [0.1, 0.15) is 22.9 Å². The molecule has 2 aromatic rings. The summed E-state index contributed by atoms with van der Waals surface area (Å²) in [5.41, 5.74) is 2.30. The summed E-state index contributed by atoms with van der Waals surface area (Å²) < 4.78 is 10.6. The molecule has 3 rings (SSSR count). The van der Waals surface area contributed by atoms with Crippen molar-refractivity contribution in [3.8, 4) is 16.3 Å². The Balaban J connectivity index is 1.98. The van der Waals surface area contributed by atoms with Gasteiger partial charge in [0, 0.05) is 25.1 Å². The van der Waals surface area contributed by atoms with Crippen molar-refractivity contribution in [2.24, 2.45) is 0 Å². The summed E-state index contributed by atoms with van der Waals surface area (Å²) in [4.78, 5) is 27.5. The molecule has 0 amide bonds. The first-order valence-electron chi connectivity index (χ1n) is 6.66. The second-order valence-electron chi connectivity index (χ2n) is 4.84. The zero-order chi connectivity index (χ0) is 15.7. The fourth-order valence-electron chi connectivity index (χ4n) is 2.22. The van der Waals surface area contributed by atoms with Crippen LogP contribution in [0.25, 0.3) is 10.6 Å². The average molecular weight is 319 g/mol. The van der Waals surface area contributed by atoms with Crippen LogP contribution < -0.4 is 4.74 Å². The van der Waals surface area contributed by atoms with Crippen LogP contribution in [0.3, 0.4) is 0 Å². The molecule has 0 bridgehead atoms. The normalized spacial score (nSPS) is 12.6. The number of hydrogen-bond donors (Lipinski definition) is 1. The zero-order valence-corrected chi connectivity index (χ0v) is 12.6. The van der Waals surface area contributed by atoms with Crippen LogP contribution in [0.2, 0.25) is 0 Å². The van der Waals surface area contributed by atoms with Gasteiger partial charge in [-0.15, -0.1) is 11.3 Å². The Morgan fingerprint density at radius 3 is 3.00 bits per heavy atom. The summed E-state index contributed by atoms with van der Waals surface area (Å²) in [6.07, 6.45) is 2.25. The molecular weight excluding hydrogens is 306 g/mol. The van der Waals surface area contributed by atoms with Crippen molar-refractivity contribution in [1.82, 2.24) is 4.98 Å². The minimum Gasteiger partial charge on any atom is -0.491 e. The van der Waals surface area contributed by atoms with E-state index < -0.39 is 5.97 Å². The van der Waals surface area contributed by atoms with Crippen molar-refractivity contribution in [2.75, 3.05) is 6.61 Å². The number of carbonyl (C=O) groups is 2. The van der Waals surface area contributed by atoms with Crippen LogP contribution >= 0.6 is 11.3 Å². The van der Waals surface area contributed by atoms with Crippen molar-refractivity contribution >= 4 is 23.3 Å². The van der Waals surface area contributed by atoms with E-state index in [0.717, 1.165) is 16.0 Å². The van der Waals surface area contributed by atoms with Crippen LogP contribution in [0.15, 0.2) is 18.3 Å². The van der Waals surface area contributed by atoms with Gasteiger partial charge in [0.25, 0.3) is 0 Å². The molecule has 1 N–H and O–H groups in total. The van der Waals surface area contributed by atoms with Gasteiger partial charge in [-0.3, -0.25) is 9.78 Å². The molecular formula is C15H13NO5S. The number of thiophene rings is 1. The molecule has 3 heterocycles. The van der Waals surface area contributed by atoms with E-state index in [4.69, 9.17) is 14.6 Å². The van der Waals surface area contributed by atoms with E-state index in [9.17, 15) is 9.59 Å². The highest BCUT2D eigenvalue weighted by Gasteiger charge is 2.22. The highest BCUT2D eigenvalue weighted by Crippen LogP contribution is 2.39. The summed E-state index contributed by atoms with van der Waals surface area (Å²) in [5.74, 6) is -0.711. The Labute approximate surface area is 130 Å². The lowest BCUT2D eigenvalue weighted by atomic mass is 10.1. The van der Waals surface area contributed by atoms with E-state index in [1.54, 1.807) is 18.3 Å². The number of fused-ring (bicyclic) bond motifs is 3. The Morgan fingerprint density at radius 1 is 1.45 bits per heavy atom. The van der Waals surface area contributed by atoms with Gasteiger partial charge in [0.2, 0.25) is 0 Å². The number of carbonyl (C=O) groups excluding carboxylic acids is 1. The third kappa shape index (κ3) is 2.80. The summed E-state index contributed by atoms with van der Waals surface area (Å²) in [7, 11) is 0. The maximum atomic E-state index is 11.1. The molecule has 0 saturated heterocycles. The zero-order valence-electron chi connectivity index (χ0n) is 11.8. The summed E-state index contributed by atoms with van der Waals surface area (Å²) in [5, 5.41) is 9.13. The first kappa shape index (κ1) is 14.5. The van der Waals surface area contributed by atoms with E-state index in [1.807, 2.05) is 0 Å². The van der Waals surface area contributed by atoms with Crippen LogP contribution in [0.5, 0.6) is 5.75 Å². The molecule has 7 heteroatoms. The second kappa shape index (κ2) is 5.76. The molecule has 1 aliphatic heterocycles. The molecule has 114 valence electrons. The molecule has 0 unspecified atom stereocenters. The number of pyridine rings is 1. The number of carboxylic acids is 1. The van der Waals surface area contributed by atoms with Gasteiger partial charge in [-0.2, -0.15) is 0 Å². The standard InChI is InChI=1S/C15H13NO5S/c1-8(17)21-7-9-4-11-13(16-6-9)14-10(2-3-20-11)5-12(22-14)15(18)19/h4-6H,2-3,7H2,1H3,(H,18,19). The maximum absolute atomic E-state index is 11.1. The van der Waals surface area contributed by atoms with Crippen molar-refractivity contribution in [1.29, 1.82) is 0 Å². The number of esters is 1. The molecule has 2 aromatic heterocycles. The number of carboxylic acid groups (broad SMARTS) is 1. The quantitative estimate of drug-likeness (QED) is 0.875. The van der Waals surface area contributed by atoms with Crippen LogP contribution in [0.4, 0.5) is 0 Å². The van der Waals surface area contributed by atoms with Crippen molar-refractivity contribution < 1.29 is 24.2 Å². The number of aromatic nitrogens is 1. The predicted molar refractivity (Wildman–Crippen MR) is 79.2 cm³/mol. The lowest BCUT2D eigenvalue weighted by Crippen LogP contribution is -2.02. The van der Waals surface area contributed by atoms with E-state index in [0.29, 0.717) is 29.3 Å². The SMILES string of the molecule is CC(=O)OCc1cnc2c(c1)OCCc1cc(C(=O)O)sc1-2. The molecule has 6 nitrogen and oxygen atoms in total. The number of hydrogen-bond acceptors (Lipinski definition) is 6. The third-order valence-electron chi connectivity index (χ3n) is 3.22. The lowest BCUT2D eigenvalue weighted by molar-refractivity contribution is -0.142. The van der Waals surface area contributed by atoms with E-state index in [2.05, 4.69) is 4.98 Å². The van der Waals surface area contributed by atoms with Gasteiger partial charge in [-0.05, 0) is 17.7 Å². The van der Waals surface area contributed by atoms with Crippen LogP contribution in [-0.2, 0) is 22.6 Å². The van der Waals surface area contributed by atoms with Gasteiger partial charge < -0.3 is 14.6 Å². The number of ether oxygens (including phenoxy) is 2. The van der Waals surface area contributed by atoms with E-state index in [1.165, 1.54) is 18.3 Å². The molecule has 0 fully saturated rings. The van der Waals surface area contributed by atoms with Crippen LogP contribution in [-0.4, -0.2) is 28.6 Å². The minimum atomic E-state index is -0.938. The maximum Gasteiger partial charge on any atom is 0.345 e. The molecule has 0 saturated carbocycles. The topological polar surface area (TPSA) is 85.7 Å². The fourth-order valence-corrected chi connectivity index (χ4v) is 3.27. The van der Waals surface area contributed by atoms with Gasteiger partial charge in [-0.25, -0.2) is 4.79 Å². The lowest BCUT2D eigenvalue weighted by Gasteiger charge is -2.09. The van der Waals surface area contributed by atoms with Crippen LogP contribution in [0, 0.1) is 0 Å². The molecule has 0 spiro atoms. The number of nitrogens with zero attached hydrogens (tertiary/aromatic N) is 1. The monoisotopic (exact) mass is 319 g/mol. The Kier molecular flexibility index (Phi) is 3.81. The summed E-state index contributed by atoms with van der Waals surface area (Å²) in [6, 6.07) is 3.45. The Bertz CT molecular complexity index is 752. The van der Waals surface area contributed by atoms with Crippen molar-refractivity contribution in [3.63, 3.8) is 0 Å².